The summed E-state index contributed by atoms with van der Waals surface area (Å²) < 4.78 is 0. The standard InChI is InChI=1S/C29H28ClN.C6H10O2S.3C2H6/c1-21(2)28-12-4-3-10-24(28)11-6-9-22-7-5-8-23(19-22)13-17-27-18-15-25-14-16-26(30)20-29(25)31-27;7-5(8)3-6(4-9)1-2-6;3*1-2/h3-5,7-8,10,12-21H,6,9,11H2,1-2H3;9H,1-4H2,(H,7,8);3*1-2H3/b17-13+;;;;. The number of carboxylic acids is 1. The lowest BCUT2D eigenvalue weighted by molar-refractivity contribution is -0.138. The van der Waals surface area contributed by atoms with Gasteiger partial charge in [0, 0.05) is 10.4 Å². The molecule has 1 heterocycles. The molecule has 1 saturated carbocycles. The lowest BCUT2D eigenvalue weighted by atomic mass is 9.93. The van der Waals surface area contributed by atoms with E-state index in [9.17, 15) is 4.79 Å². The molecule has 250 valence electrons. The molecule has 46 heavy (non-hydrogen) atoms. The van der Waals surface area contributed by atoms with Gasteiger partial charge in [-0.2, -0.15) is 12.6 Å². The summed E-state index contributed by atoms with van der Waals surface area (Å²) >= 11 is 10.2. The third kappa shape index (κ3) is 14.1. The molecule has 0 radical (unpaired) electrons. The molecule has 5 rings (SSSR count). The van der Waals surface area contributed by atoms with Crippen molar-refractivity contribution in [2.24, 2.45) is 5.41 Å². The second kappa shape index (κ2) is 22.4. The second-order valence-corrected chi connectivity index (χ2v) is 11.8. The summed E-state index contributed by atoms with van der Waals surface area (Å²) in [5, 5.41) is 10.2. The first-order valence-electron chi connectivity index (χ1n) is 17.0. The minimum absolute atomic E-state index is 0.0783. The fourth-order valence-corrected chi connectivity index (χ4v) is 5.52. The Labute approximate surface area is 289 Å². The molecule has 1 fully saturated rings. The topological polar surface area (TPSA) is 50.2 Å². The predicted molar refractivity (Wildman–Crippen MR) is 206 cm³/mol. The average Bonchev–Trinajstić information content (AvgIpc) is 3.86. The Hall–Kier alpha value is -3.08. The fraction of sp³-hybridized carbons (Fsp3) is 0.415. The zero-order chi connectivity index (χ0) is 34.5. The van der Waals surface area contributed by atoms with E-state index in [4.69, 9.17) is 21.7 Å². The van der Waals surface area contributed by atoms with Gasteiger partial charge in [-0.05, 0) is 95.7 Å². The van der Waals surface area contributed by atoms with Crippen molar-refractivity contribution in [1.82, 2.24) is 4.98 Å². The van der Waals surface area contributed by atoms with E-state index in [0.29, 0.717) is 17.4 Å². The number of pyridine rings is 1. The summed E-state index contributed by atoms with van der Waals surface area (Å²) in [6.07, 6.45) is 9.96. The Morgan fingerprint density at radius 1 is 0.891 bits per heavy atom. The van der Waals surface area contributed by atoms with Crippen molar-refractivity contribution in [3.8, 4) is 0 Å². The van der Waals surface area contributed by atoms with Crippen molar-refractivity contribution in [3.05, 3.63) is 112 Å². The Balaban J connectivity index is 0.000000593. The highest BCUT2D eigenvalue weighted by atomic mass is 35.5. The molecule has 4 aromatic rings. The van der Waals surface area contributed by atoms with Gasteiger partial charge in [0.1, 0.15) is 0 Å². The van der Waals surface area contributed by atoms with Crippen LogP contribution in [0.4, 0.5) is 0 Å². The summed E-state index contributed by atoms with van der Waals surface area (Å²) in [5.41, 5.74) is 7.47. The van der Waals surface area contributed by atoms with Gasteiger partial charge in [-0.1, -0.05) is 134 Å². The quantitative estimate of drug-likeness (QED) is 0.166. The fourth-order valence-electron chi connectivity index (χ4n) is 4.93. The number of benzene rings is 3. The van der Waals surface area contributed by atoms with Crippen LogP contribution < -0.4 is 0 Å². The summed E-state index contributed by atoms with van der Waals surface area (Å²) in [4.78, 5) is 14.9. The average molecular weight is 662 g/mol. The summed E-state index contributed by atoms with van der Waals surface area (Å²) in [6.45, 7) is 16.5. The smallest absolute Gasteiger partial charge is 0.303 e. The third-order valence-electron chi connectivity index (χ3n) is 7.48. The summed E-state index contributed by atoms with van der Waals surface area (Å²) in [5.74, 6) is 0.602. The number of fused-ring (bicyclic) bond motifs is 1. The molecule has 0 amide bonds. The minimum atomic E-state index is -0.693. The molecule has 1 aliphatic carbocycles. The number of aromatic nitrogens is 1. The number of hydrogen-bond acceptors (Lipinski definition) is 3. The van der Waals surface area contributed by atoms with Crippen LogP contribution in [0.1, 0.15) is 115 Å². The Kier molecular flexibility index (Phi) is 20.0. The van der Waals surface area contributed by atoms with Gasteiger partial charge >= 0.3 is 5.97 Å². The van der Waals surface area contributed by atoms with Gasteiger partial charge in [0.15, 0.2) is 0 Å². The Bertz CT molecular complexity index is 1480. The van der Waals surface area contributed by atoms with E-state index in [2.05, 4.69) is 93.2 Å². The number of rotatable bonds is 10. The zero-order valence-corrected chi connectivity index (χ0v) is 31.0. The molecule has 0 unspecified atom stereocenters. The lowest BCUT2D eigenvalue weighted by Gasteiger charge is -2.12. The van der Waals surface area contributed by atoms with Gasteiger partial charge in [-0.25, -0.2) is 4.98 Å². The molecule has 1 N–H and O–H groups in total. The first-order valence-corrected chi connectivity index (χ1v) is 18.0. The van der Waals surface area contributed by atoms with Gasteiger partial charge in [0.2, 0.25) is 0 Å². The van der Waals surface area contributed by atoms with Crippen molar-refractivity contribution in [2.75, 3.05) is 5.75 Å². The molecular formula is C41H56ClNO2S. The van der Waals surface area contributed by atoms with E-state index in [1.54, 1.807) is 0 Å². The normalized spacial score (nSPS) is 12.4. The number of hydrogen-bond donors (Lipinski definition) is 2. The summed E-state index contributed by atoms with van der Waals surface area (Å²) in [7, 11) is 0. The molecule has 3 aromatic carbocycles. The molecule has 0 bridgehead atoms. The van der Waals surface area contributed by atoms with Crippen molar-refractivity contribution in [1.29, 1.82) is 0 Å². The van der Waals surface area contributed by atoms with Gasteiger partial charge in [-0.3, -0.25) is 4.79 Å². The van der Waals surface area contributed by atoms with Crippen LogP contribution >= 0.6 is 24.2 Å². The van der Waals surface area contributed by atoms with Crippen LogP contribution in [-0.2, 0) is 17.6 Å². The van der Waals surface area contributed by atoms with E-state index in [0.717, 1.165) is 54.5 Å². The van der Waals surface area contributed by atoms with Crippen LogP contribution in [-0.4, -0.2) is 21.8 Å². The van der Waals surface area contributed by atoms with E-state index in [1.165, 1.54) is 22.3 Å². The van der Waals surface area contributed by atoms with E-state index in [1.807, 2.05) is 65.8 Å². The predicted octanol–water partition coefficient (Wildman–Crippen LogP) is 12.6. The first kappa shape index (κ1) is 40.9. The molecule has 1 aromatic heterocycles. The molecule has 1 aliphatic rings. The number of thiol groups is 1. The highest BCUT2D eigenvalue weighted by Crippen LogP contribution is 2.49. The van der Waals surface area contributed by atoms with Gasteiger partial charge < -0.3 is 5.11 Å². The van der Waals surface area contributed by atoms with Crippen LogP contribution in [0.2, 0.25) is 5.02 Å². The Morgan fingerprint density at radius 3 is 2.17 bits per heavy atom. The minimum Gasteiger partial charge on any atom is -0.481 e. The third-order valence-corrected chi connectivity index (χ3v) is 8.39. The van der Waals surface area contributed by atoms with Gasteiger partial charge in [0.25, 0.3) is 0 Å². The zero-order valence-electron chi connectivity index (χ0n) is 29.3. The van der Waals surface area contributed by atoms with E-state index < -0.39 is 5.97 Å². The largest absolute Gasteiger partial charge is 0.481 e. The molecule has 0 atom stereocenters. The molecule has 0 saturated heterocycles. The molecule has 0 spiro atoms. The molecular weight excluding hydrogens is 606 g/mol. The van der Waals surface area contributed by atoms with Crippen LogP contribution in [0.25, 0.3) is 23.1 Å². The highest BCUT2D eigenvalue weighted by molar-refractivity contribution is 7.80. The number of nitrogens with zero attached hydrogens (tertiary/aromatic N) is 1. The van der Waals surface area contributed by atoms with Crippen molar-refractivity contribution < 1.29 is 9.90 Å². The number of carbonyl (C=O) groups is 1. The Morgan fingerprint density at radius 2 is 1.57 bits per heavy atom. The number of aliphatic carboxylic acids is 1. The monoisotopic (exact) mass is 661 g/mol. The SMILES string of the molecule is CC.CC.CC.CC(C)c1ccccc1CCCc1cccc(/C=C/c2ccc3ccc(Cl)cc3n2)c1.O=C(O)CC1(CS)CC1. The number of aryl methyl sites for hydroxylation is 2. The maximum atomic E-state index is 10.2. The van der Waals surface area contributed by atoms with Crippen LogP contribution in [0.5, 0.6) is 0 Å². The van der Waals surface area contributed by atoms with Crippen LogP contribution in [0.3, 0.4) is 0 Å². The number of carboxylic acid groups (broad SMARTS) is 1. The highest BCUT2D eigenvalue weighted by Gasteiger charge is 2.42. The van der Waals surface area contributed by atoms with Gasteiger partial charge in [-0.15, -0.1) is 0 Å². The molecule has 3 nitrogen and oxygen atoms in total. The van der Waals surface area contributed by atoms with E-state index in [-0.39, 0.29) is 5.41 Å². The second-order valence-electron chi connectivity index (χ2n) is 11.1. The molecule has 0 aliphatic heterocycles. The van der Waals surface area contributed by atoms with Crippen LogP contribution in [0, 0.1) is 5.41 Å². The first-order chi connectivity index (χ1) is 22.3. The van der Waals surface area contributed by atoms with Crippen LogP contribution in [0.15, 0.2) is 78.9 Å². The maximum absolute atomic E-state index is 10.2. The van der Waals surface area contributed by atoms with Gasteiger partial charge in [0.05, 0.1) is 17.6 Å². The maximum Gasteiger partial charge on any atom is 0.303 e. The summed E-state index contributed by atoms with van der Waals surface area (Å²) in [6, 6.07) is 27.6. The van der Waals surface area contributed by atoms with E-state index >= 15 is 0 Å². The van der Waals surface area contributed by atoms with Crippen molar-refractivity contribution >= 4 is 53.3 Å². The lowest BCUT2D eigenvalue weighted by Crippen LogP contribution is -2.09. The van der Waals surface area contributed by atoms with Crippen molar-refractivity contribution in [2.45, 2.75) is 99.8 Å². The number of halogens is 1. The van der Waals surface area contributed by atoms with Crippen molar-refractivity contribution in [3.63, 3.8) is 0 Å². The molecule has 5 heteroatoms.